The third-order valence-electron chi connectivity index (χ3n) is 3.82. The molecule has 0 spiro atoms. The average Bonchev–Trinajstić information content (AvgIpc) is 3.04. The van der Waals surface area contributed by atoms with Gasteiger partial charge in [-0.1, -0.05) is 27.7 Å². The Kier molecular flexibility index (Phi) is 6.69. The minimum Gasteiger partial charge on any atom is -0.483 e. The molecule has 0 aliphatic rings. The van der Waals surface area contributed by atoms with E-state index in [1.807, 2.05) is 38.2 Å². The summed E-state index contributed by atoms with van der Waals surface area (Å²) in [6.07, 6.45) is -0.381. The minimum absolute atomic E-state index is 0.132. The molecule has 1 atom stereocenters. The summed E-state index contributed by atoms with van der Waals surface area (Å²) < 4.78 is 21.5. The Morgan fingerprint density at radius 2 is 1.89 bits per heavy atom. The SMILES string of the molecule is CC(Oc1ccc(F)cc1)c1nnc(SCC(=O)Nc2ccc(Br)cc2)n1C. The number of aromatic nitrogens is 3. The summed E-state index contributed by atoms with van der Waals surface area (Å²) in [5.74, 6) is 0.904. The predicted molar refractivity (Wildman–Crippen MR) is 110 cm³/mol. The number of nitrogens with one attached hydrogen (secondary N) is 1. The zero-order chi connectivity index (χ0) is 20.1. The zero-order valence-corrected chi connectivity index (χ0v) is 17.6. The van der Waals surface area contributed by atoms with Crippen molar-refractivity contribution in [2.45, 2.75) is 18.2 Å². The Morgan fingerprint density at radius 1 is 1.21 bits per heavy atom. The summed E-state index contributed by atoms with van der Waals surface area (Å²) in [4.78, 5) is 12.1. The van der Waals surface area contributed by atoms with Gasteiger partial charge in [-0.05, 0) is 55.5 Å². The Labute approximate surface area is 174 Å². The molecule has 1 heterocycles. The topological polar surface area (TPSA) is 69.0 Å². The molecule has 6 nitrogen and oxygen atoms in total. The van der Waals surface area contributed by atoms with Crippen LogP contribution in [0.3, 0.4) is 0 Å². The third-order valence-corrected chi connectivity index (χ3v) is 5.37. The molecule has 1 unspecified atom stereocenters. The number of ether oxygens (including phenoxy) is 1. The van der Waals surface area contributed by atoms with Crippen LogP contribution in [0.5, 0.6) is 5.75 Å². The molecular weight excluding hydrogens is 447 g/mol. The lowest BCUT2D eigenvalue weighted by Gasteiger charge is -2.14. The Morgan fingerprint density at radius 3 is 2.57 bits per heavy atom. The molecule has 9 heteroatoms. The predicted octanol–water partition coefficient (Wildman–Crippen LogP) is 4.59. The van der Waals surface area contributed by atoms with E-state index in [1.165, 1.54) is 23.9 Å². The highest BCUT2D eigenvalue weighted by atomic mass is 79.9. The zero-order valence-electron chi connectivity index (χ0n) is 15.2. The molecule has 0 saturated carbocycles. The second-order valence-corrected chi connectivity index (χ2v) is 7.82. The number of thioether (sulfide) groups is 1. The molecule has 3 rings (SSSR count). The van der Waals surface area contributed by atoms with Crippen LogP contribution in [0.25, 0.3) is 0 Å². The van der Waals surface area contributed by atoms with Crippen LogP contribution in [0, 0.1) is 5.82 Å². The molecular formula is C19H18BrFN4O2S. The number of hydrogen-bond donors (Lipinski definition) is 1. The number of carbonyl (C=O) groups excluding carboxylic acids is 1. The van der Waals surface area contributed by atoms with E-state index < -0.39 is 0 Å². The number of hydrogen-bond acceptors (Lipinski definition) is 5. The van der Waals surface area contributed by atoms with Gasteiger partial charge in [-0.25, -0.2) is 4.39 Å². The summed E-state index contributed by atoms with van der Waals surface area (Å²) in [5, 5.41) is 11.7. The van der Waals surface area contributed by atoms with Gasteiger partial charge in [0.1, 0.15) is 11.6 Å². The van der Waals surface area contributed by atoms with Crippen molar-refractivity contribution in [3.05, 3.63) is 64.6 Å². The first-order valence-electron chi connectivity index (χ1n) is 8.42. The molecule has 0 fully saturated rings. The van der Waals surface area contributed by atoms with Crippen molar-refractivity contribution in [2.75, 3.05) is 11.1 Å². The first-order valence-corrected chi connectivity index (χ1v) is 10.2. The molecule has 0 radical (unpaired) electrons. The molecule has 3 aromatic rings. The Hall–Kier alpha value is -2.39. The number of rotatable bonds is 7. The maximum absolute atomic E-state index is 13.0. The van der Waals surface area contributed by atoms with Gasteiger partial charge in [-0.15, -0.1) is 10.2 Å². The Balaban J connectivity index is 1.57. The van der Waals surface area contributed by atoms with E-state index in [1.54, 1.807) is 16.7 Å². The molecule has 146 valence electrons. The summed E-state index contributed by atoms with van der Waals surface area (Å²) in [6.45, 7) is 1.84. The molecule has 1 aromatic heterocycles. The van der Waals surface area contributed by atoms with Crippen molar-refractivity contribution in [3.63, 3.8) is 0 Å². The largest absolute Gasteiger partial charge is 0.483 e. The smallest absolute Gasteiger partial charge is 0.234 e. The molecule has 1 N–H and O–H groups in total. The quantitative estimate of drug-likeness (QED) is 0.517. The van der Waals surface area contributed by atoms with Crippen molar-refractivity contribution in [2.24, 2.45) is 7.05 Å². The lowest BCUT2D eigenvalue weighted by Crippen LogP contribution is -2.14. The van der Waals surface area contributed by atoms with Gasteiger partial charge in [0.15, 0.2) is 17.1 Å². The van der Waals surface area contributed by atoms with Gasteiger partial charge in [0.05, 0.1) is 5.75 Å². The molecule has 2 aromatic carbocycles. The highest BCUT2D eigenvalue weighted by molar-refractivity contribution is 9.10. The maximum atomic E-state index is 13.0. The van der Waals surface area contributed by atoms with Crippen molar-refractivity contribution >= 4 is 39.3 Å². The van der Waals surface area contributed by atoms with Gasteiger partial charge in [0.25, 0.3) is 0 Å². The Bertz CT molecular complexity index is 948. The normalized spacial score (nSPS) is 11.9. The summed E-state index contributed by atoms with van der Waals surface area (Å²) >= 11 is 4.64. The number of carbonyl (C=O) groups is 1. The van der Waals surface area contributed by atoms with E-state index in [-0.39, 0.29) is 23.6 Å². The minimum atomic E-state index is -0.381. The third kappa shape index (κ3) is 5.32. The van der Waals surface area contributed by atoms with E-state index in [0.29, 0.717) is 16.7 Å². The van der Waals surface area contributed by atoms with Gasteiger partial charge < -0.3 is 14.6 Å². The van der Waals surface area contributed by atoms with Gasteiger partial charge in [0, 0.05) is 17.2 Å². The highest BCUT2D eigenvalue weighted by Gasteiger charge is 2.18. The van der Waals surface area contributed by atoms with Crippen molar-refractivity contribution in [3.8, 4) is 5.75 Å². The van der Waals surface area contributed by atoms with Crippen molar-refractivity contribution < 1.29 is 13.9 Å². The van der Waals surface area contributed by atoms with Gasteiger partial charge in [-0.2, -0.15) is 0 Å². The van der Waals surface area contributed by atoms with Crippen molar-refractivity contribution in [1.82, 2.24) is 14.8 Å². The first kappa shape index (κ1) is 20.3. The number of benzene rings is 2. The average molecular weight is 465 g/mol. The summed E-state index contributed by atoms with van der Waals surface area (Å²) in [5.41, 5.74) is 0.730. The second kappa shape index (κ2) is 9.20. The van der Waals surface area contributed by atoms with E-state index >= 15 is 0 Å². The number of halogens is 2. The van der Waals surface area contributed by atoms with Crippen LogP contribution >= 0.6 is 27.7 Å². The number of anilines is 1. The van der Waals surface area contributed by atoms with E-state index in [0.717, 1.165) is 10.2 Å². The van der Waals surface area contributed by atoms with Gasteiger partial charge in [-0.3, -0.25) is 4.79 Å². The summed E-state index contributed by atoms with van der Waals surface area (Å²) in [7, 11) is 1.81. The van der Waals surface area contributed by atoms with Crippen LogP contribution < -0.4 is 10.1 Å². The van der Waals surface area contributed by atoms with Gasteiger partial charge in [0.2, 0.25) is 5.91 Å². The molecule has 28 heavy (non-hydrogen) atoms. The van der Waals surface area contributed by atoms with Crippen LogP contribution in [-0.4, -0.2) is 26.4 Å². The van der Waals surface area contributed by atoms with Crippen LogP contribution in [0.4, 0.5) is 10.1 Å². The lowest BCUT2D eigenvalue weighted by atomic mass is 10.3. The fourth-order valence-electron chi connectivity index (χ4n) is 2.44. The van der Waals surface area contributed by atoms with Gasteiger partial charge >= 0.3 is 0 Å². The lowest BCUT2D eigenvalue weighted by molar-refractivity contribution is -0.113. The van der Waals surface area contributed by atoms with E-state index in [4.69, 9.17) is 4.74 Å². The molecule has 0 bridgehead atoms. The molecule has 0 saturated heterocycles. The van der Waals surface area contributed by atoms with E-state index in [9.17, 15) is 9.18 Å². The fraction of sp³-hybridized carbons (Fsp3) is 0.211. The van der Waals surface area contributed by atoms with Crippen LogP contribution in [0.2, 0.25) is 0 Å². The standard InChI is InChI=1S/C19H18BrFN4O2S/c1-12(27-16-9-5-14(21)6-10-16)18-23-24-19(25(18)2)28-11-17(26)22-15-7-3-13(20)4-8-15/h3-10,12H,11H2,1-2H3,(H,22,26). The highest BCUT2D eigenvalue weighted by Crippen LogP contribution is 2.24. The van der Waals surface area contributed by atoms with Crippen LogP contribution in [0.1, 0.15) is 18.9 Å². The second-order valence-electron chi connectivity index (χ2n) is 5.96. The monoisotopic (exact) mass is 464 g/mol. The van der Waals surface area contributed by atoms with Crippen LogP contribution in [0.15, 0.2) is 58.2 Å². The number of amides is 1. The maximum Gasteiger partial charge on any atom is 0.234 e. The fourth-order valence-corrected chi connectivity index (χ4v) is 3.42. The first-order chi connectivity index (χ1) is 13.4. The summed E-state index contributed by atoms with van der Waals surface area (Å²) in [6, 6.07) is 13.2. The number of nitrogens with zero attached hydrogens (tertiary/aromatic N) is 3. The molecule has 1 amide bonds. The van der Waals surface area contributed by atoms with Crippen molar-refractivity contribution in [1.29, 1.82) is 0 Å². The molecule has 0 aliphatic heterocycles. The van der Waals surface area contributed by atoms with E-state index in [2.05, 4.69) is 31.4 Å². The van der Waals surface area contributed by atoms with Crippen LogP contribution in [-0.2, 0) is 11.8 Å². The molecule has 0 aliphatic carbocycles.